The predicted octanol–water partition coefficient (Wildman–Crippen LogP) is 4.05. The molecule has 25 heavy (non-hydrogen) atoms. The molecule has 0 N–H and O–H groups in total. The van der Waals surface area contributed by atoms with Crippen molar-refractivity contribution < 1.29 is 4.79 Å². The molecular weight excluding hydrogens is 310 g/mol. The average molecular weight is 331 g/mol. The summed E-state index contributed by atoms with van der Waals surface area (Å²) in [7, 11) is 0. The minimum atomic E-state index is 0.0976. The molecule has 1 saturated heterocycles. The molecule has 4 rings (SSSR count). The molecule has 4 nitrogen and oxygen atoms in total. The molecule has 0 radical (unpaired) electrons. The second kappa shape index (κ2) is 6.20. The first kappa shape index (κ1) is 15.6. The fourth-order valence-corrected chi connectivity index (χ4v) is 3.65. The lowest BCUT2D eigenvalue weighted by atomic mass is 10.1. The molecule has 4 heteroatoms. The van der Waals surface area contributed by atoms with Crippen molar-refractivity contribution in [3.05, 3.63) is 72.6 Å². The van der Waals surface area contributed by atoms with E-state index < -0.39 is 0 Å². The molecular formula is C21H21N3O. The van der Waals surface area contributed by atoms with Crippen molar-refractivity contribution in [3.8, 4) is 0 Å². The first-order chi connectivity index (χ1) is 12.2. The molecule has 0 bridgehead atoms. The summed E-state index contributed by atoms with van der Waals surface area (Å²) in [5.74, 6) is 1.23. The van der Waals surface area contributed by atoms with E-state index >= 15 is 0 Å². The Labute approximate surface area is 147 Å². The van der Waals surface area contributed by atoms with Gasteiger partial charge in [0, 0.05) is 31.1 Å². The predicted molar refractivity (Wildman–Crippen MR) is 101 cm³/mol. The van der Waals surface area contributed by atoms with Crippen molar-refractivity contribution in [1.82, 2.24) is 9.55 Å². The highest BCUT2D eigenvalue weighted by Crippen LogP contribution is 2.33. The van der Waals surface area contributed by atoms with E-state index in [1.54, 1.807) is 0 Å². The van der Waals surface area contributed by atoms with Crippen LogP contribution < -0.4 is 4.90 Å². The summed E-state index contributed by atoms with van der Waals surface area (Å²) in [6.07, 6.45) is 2.38. The third kappa shape index (κ3) is 2.74. The van der Waals surface area contributed by atoms with Crippen LogP contribution in [0.5, 0.6) is 0 Å². The van der Waals surface area contributed by atoms with Crippen LogP contribution >= 0.6 is 0 Å². The summed E-state index contributed by atoms with van der Waals surface area (Å²) >= 11 is 0. The maximum Gasteiger partial charge on any atom is 0.227 e. The van der Waals surface area contributed by atoms with Crippen LogP contribution in [0.1, 0.15) is 23.7 Å². The quantitative estimate of drug-likeness (QED) is 0.676. The van der Waals surface area contributed by atoms with Gasteiger partial charge in [0.1, 0.15) is 5.82 Å². The standard InChI is InChI=1S/C21H21N3O/c1-3-11-23-19-10-5-4-9-18(19)22-21(23)16-13-20(25)24(14-16)17-8-6-7-15(2)12-17/h3-10,12,16H,1,11,13-14H2,2H3/t16-/m0/s1. The van der Waals surface area contributed by atoms with Gasteiger partial charge < -0.3 is 9.47 Å². The van der Waals surface area contributed by atoms with Crippen LogP contribution in [0.25, 0.3) is 11.0 Å². The van der Waals surface area contributed by atoms with Crippen molar-refractivity contribution in [2.24, 2.45) is 0 Å². The smallest absolute Gasteiger partial charge is 0.227 e. The Morgan fingerprint density at radius 1 is 1.24 bits per heavy atom. The Bertz CT molecular complexity index is 957. The lowest BCUT2D eigenvalue weighted by Crippen LogP contribution is -2.24. The topological polar surface area (TPSA) is 38.1 Å². The summed E-state index contributed by atoms with van der Waals surface area (Å²) in [6.45, 7) is 7.29. The molecule has 2 heterocycles. The molecule has 1 atom stereocenters. The van der Waals surface area contributed by atoms with Crippen LogP contribution in [0, 0.1) is 6.92 Å². The number of carbonyl (C=O) groups is 1. The SMILES string of the molecule is C=CCn1c([C@H]2CC(=O)N(c3cccc(C)c3)C2)nc2ccccc21. The maximum absolute atomic E-state index is 12.6. The summed E-state index contributed by atoms with van der Waals surface area (Å²) < 4.78 is 2.18. The largest absolute Gasteiger partial charge is 0.324 e. The van der Waals surface area contributed by atoms with Crippen LogP contribution in [-0.2, 0) is 11.3 Å². The van der Waals surface area contributed by atoms with Gasteiger partial charge in [0.05, 0.1) is 11.0 Å². The minimum Gasteiger partial charge on any atom is -0.324 e. The number of benzene rings is 2. The van der Waals surface area contributed by atoms with Gasteiger partial charge in [-0.15, -0.1) is 6.58 Å². The highest BCUT2D eigenvalue weighted by atomic mass is 16.2. The molecule has 0 aliphatic carbocycles. The molecule has 1 amide bonds. The number of amides is 1. The third-order valence-electron chi connectivity index (χ3n) is 4.80. The van der Waals surface area contributed by atoms with Crippen molar-refractivity contribution in [3.63, 3.8) is 0 Å². The van der Waals surface area contributed by atoms with E-state index in [4.69, 9.17) is 4.98 Å². The van der Waals surface area contributed by atoms with Crippen LogP contribution in [0.2, 0.25) is 0 Å². The normalized spacial score (nSPS) is 17.4. The lowest BCUT2D eigenvalue weighted by molar-refractivity contribution is -0.117. The monoisotopic (exact) mass is 331 g/mol. The van der Waals surface area contributed by atoms with Gasteiger partial charge in [-0.25, -0.2) is 4.98 Å². The minimum absolute atomic E-state index is 0.0976. The number of nitrogens with zero attached hydrogens (tertiary/aromatic N) is 3. The number of fused-ring (bicyclic) bond motifs is 1. The first-order valence-corrected chi connectivity index (χ1v) is 8.60. The van der Waals surface area contributed by atoms with Crippen molar-refractivity contribution in [1.29, 1.82) is 0 Å². The Morgan fingerprint density at radius 3 is 2.88 bits per heavy atom. The second-order valence-corrected chi connectivity index (χ2v) is 6.60. The number of rotatable bonds is 4. The number of hydrogen-bond acceptors (Lipinski definition) is 2. The number of hydrogen-bond donors (Lipinski definition) is 0. The number of para-hydroxylation sites is 2. The molecule has 126 valence electrons. The van der Waals surface area contributed by atoms with Crippen molar-refractivity contribution >= 4 is 22.6 Å². The van der Waals surface area contributed by atoms with Gasteiger partial charge in [-0.05, 0) is 36.8 Å². The molecule has 1 aromatic heterocycles. The first-order valence-electron chi connectivity index (χ1n) is 8.60. The lowest BCUT2D eigenvalue weighted by Gasteiger charge is -2.17. The van der Waals surface area contributed by atoms with Crippen LogP contribution in [0.3, 0.4) is 0 Å². The average Bonchev–Trinajstić information content (AvgIpc) is 3.16. The van der Waals surface area contributed by atoms with E-state index in [1.807, 2.05) is 54.3 Å². The fraction of sp³-hybridized carbons (Fsp3) is 0.238. The zero-order valence-corrected chi connectivity index (χ0v) is 14.4. The van der Waals surface area contributed by atoms with Gasteiger partial charge in [-0.2, -0.15) is 0 Å². The van der Waals surface area contributed by atoms with Crippen LogP contribution in [-0.4, -0.2) is 22.0 Å². The summed E-state index contributed by atoms with van der Waals surface area (Å²) in [6, 6.07) is 16.2. The van der Waals surface area contributed by atoms with E-state index in [2.05, 4.69) is 23.3 Å². The zero-order chi connectivity index (χ0) is 17.4. The second-order valence-electron chi connectivity index (χ2n) is 6.60. The van der Waals surface area contributed by atoms with E-state index in [0.29, 0.717) is 19.5 Å². The van der Waals surface area contributed by atoms with Crippen LogP contribution in [0.15, 0.2) is 61.2 Å². The molecule has 1 aliphatic heterocycles. The highest BCUT2D eigenvalue weighted by Gasteiger charge is 2.34. The van der Waals surface area contributed by atoms with Crippen LogP contribution in [0.4, 0.5) is 5.69 Å². The van der Waals surface area contributed by atoms with Crippen molar-refractivity contribution in [2.75, 3.05) is 11.4 Å². The molecule has 3 aromatic rings. The Balaban J connectivity index is 1.71. The number of aromatic nitrogens is 2. The van der Waals surface area contributed by atoms with E-state index in [0.717, 1.165) is 28.1 Å². The number of imidazole rings is 1. The van der Waals surface area contributed by atoms with Gasteiger partial charge in [0.2, 0.25) is 5.91 Å². The van der Waals surface area contributed by atoms with E-state index in [-0.39, 0.29) is 11.8 Å². The fourth-order valence-electron chi connectivity index (χ4n) is 3.65. The van der Waals surface area contributed by atoms with Crippen molar-refractivity contribution in [2.45, 2.75) is 25.8 Å². The number of allylic oxidation sites excluding steroid dienone is 1. The van der Waals surface area contributed by atoms with Gasteiger partial charge in [-0.3, -0.25) is 4.79 Å². The number of carbonyl (C=O) groups excluding carboxylic acids is 1. The molecule has 1 fully saturated rings. The summed E-state index contributed by atoms with van der Waals surface area (Å²) in [5.41, 5.74) is 4.20. The molecule has 0 saturated carbocycles. The molecule has 0 spiro atoms. The molecule has 2 aromatic carbocycles. The van der Waals surface area contributed by atoms with E-state index in [9.17, 15) is 4.79 Å². The molecule has 1 aliphatic rings. The maximum atomic E-state index is 12.6. The zero-order valence-electron chi connectivity index (χ0n) is 14.4. The van der Waals surface area contributed by atoms with Gasteiger partial charge in [-0.1, -0.05) is 30.3 Å². The van der Waals surface area contributed by atoms with Gasteiger partial charge in [0.25, 0.3) is 0 Å². The molecule has 0 unspecified atom stereocenters. The number of aryl methyl sites for hydroxylation is 1. The Kier molecular flexibility index (Phi) is 3.88. The van der Waals surface area contributed by atoms with Gasteiger partial charge in [0.15, 0.2) is 0 Å². The summed E-state index contributed by atoms with van der Waals surface area (Å²) in [4.78, 5) is 19.3. The highest BCUT2D eigenvalue weighted by molar-refractivity contribution is 5.96. The Hall–Kier alpha value is -2.88. The van der Waals surface area contributed by atoms with Gasteiger partial charge >= 0.3 is 0 Å². The Morgan fingerprint density at radius 2 is 2.08 bits per heavy atom. The summed E-state index contributed by atoms with van der Waals surface area (Å²) in [5, 5.41) is 0. The third-order valence-corrected chi connectivity index (χ3v) is 4.80. The van der Waals surface area contributed by atoms with E-state index in [1.165, 1.54) is 0 Å². The number of anilines is 1.